The molecule has 0 radical (unpaired) electrons. The maximum Gasteiger partial charge on any atom is 0.230 e. The first kappa shape index (κ1) is 14.6. The van der Waals surface area contributed by atoms with Gasteiger partial charge in [0.15, 0.2) is 0 Å². The Morgan fingerprint density at radius 1 is 1.27 bits per heavy atom. The highest BCUT2D eigenvalue weighted by molar-refractivity contribution is 7.09. The largest absolute Gasteiger partial charge is 0.342 e. The fourth-order valence-electron chi connectivity index (χ4n) is 4.31. The van der Waals surface area contributed by atoms with Gasteiger partial charge in [-0.2, -0.15) is 0 Å². The lowest BCUT2D eigenvalue weighted by Crippen LogP contribution is -2.51. The molecule has 1 spiro atoms. The van der Waals surface area contributed by atoms with Crippen molar-refractivity contribution in [1.29, 1.82) is 0 Å². The van der Waals surface area contributed by atoms with E-state index in [9.17, 15) is 4.79 Å². The van der Waals surface area contributed by atoms with Gasteiger partial charge in [0.2, 0.25) is 5.91 Å². The third-order valence-electron chi connectivity index (χ3n) is 5.80. The second kappa shape index (κ2) is 5.93. The second-order valence-corrected chi connectivity index (χ2v) is 8.30. The maximum atomic E-state index is 13.1. The molecule has 0 bridgehead atoms. The molecule has 1 amide bonds. The van der Waals surface area contributed by atoms with Crippen molar-refractivity contribution in [2.45, 2.75) is 45.1 Å². The van der Waals surface area contributed by atoms with Crippen LogP contribution in [0, 0.1) is 11.3 Å². The molecule has 1 aromatic rings. The monoisotopic (exact) mass is 319 g/mol. The van der Waals surface area contributed by atoms with Crippen LogP contribution in [0.1, 0.15) is 43.5 Å². The van der Waals surface area contributed by atoms with E-state index in [0.717, 1.165) is 51.5 Å². The first-order valence-electron chi connectivity index (χ1n) is 8.65. The average molecular weight is 319 g/mol. The highest BCUT2D eigenvalue weighted by atomic mass is 32.1. The van der Waals surface area contributed by atoms with Gasteiger partial charge >= 0.3 is 0 Å². The number of hydrogen-bond acceptors (Lipinski definition) is 4. The Morgan fingerprint density at radius 3 is 2.91 bits per heavy atom. The van der Waals surface area contributed by atoms with Crippen molar-refractivity contribution < 1.29 is 4.79 Å². The Bertz CT molecular complexity index is 528. The summed E-state index contributed by atoms with van der Waals surface area (Å²) in [6.45, 7) is 4.90. The standard InChI is InChI=1S/C17H25N3OS/c21-16-17(5-2-8-20(16)11-14-3-1-4-14)6-9-19(13-17)12-15-18-7-10-22-15/h7,10,14H,1-6,8-9,11-13H2/t17-/m1/s1. The Hall–Kier alpha value is -0.940. The number of likely N-dealkylation sites (tertiary alicyclic amines) is 2. The van der Waals surface area contributed by atoms with Gasteiger partial charge < -0.3 is 4.90 Å². The number of rotatable bonds is 4. The van der Waals surface area contributed by atoms with E-state index in [0.29, 0.717) is 5.91 Å². The zero-order valence-electron chi connectivity index (χ0n) is 13.2. The lowest BCUT2D eigenvalue weighted by Gasteiger charge is -2.42. The first-order valence-corrected chi connectivity index (χ1v) is 9.53. The number of carbonyl (C=O) groups excluding carboxylic acids is 1. The quantitative estimate of drug-likeness (QED) is 0.856. The van der Waals surface area contributed by atoms with E-state index < -0.39 is 0 Å². The smallest absolute Gasteiger partial charge is 0.230 e. The Kier molecular flexibility index (Phi) is 3.95. The molecule has 1 aliphatic carbocycles. The number of hydrogen-bond donors (Lipinski definition) is 0. The van der Waals surface area contributed by atoms with Crippen molar-refractivity contribution in [2.75, 3.05) is 26.2 Å². The molecule has 4 rings (SSSR count). The average Bonchev–Trinajstić information content (AvgIpc) is 3.10. The molecule has 0 N–H and O–H groups in total. The minimum atomic E-state index is -0.0841. The summed E-state index contributed by atoms with van der Waals surface area (Å²) in [6.07, 6.45) is 9.20. The van der Waals surface area contributed by atoms with E-state index >= 15 is 0 Å². The Morgan fingerprint density at radius 2 is 2.18 bits per heavy atom. The maximum absolute atomic E-state index is 13.1. The minimum Gasteiger partial charge on any atom is -0.342 e. The number of aromatic nitrogens is 1. The van der Waals surface area contributed by atoms with Gasteiger partial charge in [-0.3, -0.25) is 9.69 Å². The Labute approximate surface area is 136 Å². The third-order valence-corrected chi connectivity index (χ3v) is 6.57. The van der Waals surface area contributed by atoms with Gasteiger partial charge in [0.05, 0.1) is 12.0 Å². The van der Waals surface area contributed by atoms with Crippen LogP contribution in [0.3, 0.4) is 0 Å². The van der Waals surface area contributed by atoms with E-state index in [-0.39, 0.29) is 5.41 Å². The van der Waals surface area contributed by atoms with Gasteiger partial charge in [0.1, 0.15) is 5.01 Å². The van der Waals surface area contributed by atoms with E-state index in [1.54, 1.807) is 11.3 Å². The molecular weight excluding hydrogens is 294 g/mol. The summed E-state index contributed by atoms with van der Waals surface area (Å²) in [4.78, 5) is 22.1. The SMILES string of the molecule is O=C1N(CC2CCC2)CCC[C@]12CCN(Cc1nccs1)C2. The van der Waals surface area contributed by atoms with Crippen LogP contribution < -0.4 is 0 Å². The van der Waals surface area contributed by atoms with Gasteiger partial charge in [-0.05, 0) is 44.6 Å². The molecule has 3 aliphatic rings. The summed E-state index contributed by atoms with van der Waals surface area (Å²) in [5.74, 6) is 1.24. The molecule has 2 aliphatic heterocycles. The minimum absolute atomic E-state index is 0.0841. The molecule has 3 heterocycles. The highest BCUT2D eigenvalue weighted by Gasteiger charge is 2.48. The van der Waals surface area contributed by atoms with Crippen LogP contribution in [0.2, 0.25) is 0 Å². The molecule has 3 fully saturated rings. The topological polar surface area (TPSA) is 36.4 Å². The van der Waals surface area contributed by atoms with Crippen LogP contribution in [0.25, 0.3) is 0 Å². The number of thiazole rings is 1. The van der Waals surface area contributed by atoms with Crippen LogP contribution in [-0.4, -0.2) is 46.9 Å². The van der Waals surface area contributed by atoms with E-state index in [1.807, 2.05) is 11.6 Å². The zero-order valence-corrected chi connectivity index (χ0v) is 14.0. The predicted molar refractivity (Wildman–Crippen MR) is 87.6 cm³/mol. The number of carbonyl (C=O) groups is 1. The molecule has 0 aromatic carbocycles. The number of nitrogens with zero attached hydrogens (tertiary/aromatic N) is 3. The molecule has 0 unspecified atom stereocenters. The molecule has 4 nitrogen and oxygen atoms in total. The molecule has 2 saturated heterocycles. The summed E-state index contributed by atoms with van der Waals surface area (Å²) in [6, 6.07) is 0. The van der Waals surface area contributed by atoms with Gasteiger partial charge in [0, 0.05) is 31.2 Å². The van der Waals surface area contributed by atoms with Crippen molar-refractivity contribution in [3.63, 3.8) is 0 Å². The van der Waals surface area contributed by atoms with Crippen molar-refractivity contribution in [2.24, 2.45) is 11.3 Å². The lowest BCUT2D eigenvalue weighted by molar-refractivity contribution is -0.146. The molecule has 1 saturated carbocycles. The normalized spacial score (nSPS) is 30.2. The van der Waals surface area contributed by atoms with Crippen LogP contribution in [0.4, 0.5) is 0 Å². The van der Waals surface area contributed by atoms with Crippen LogP contribution in [-0.2, 0) is 11.3 Å². The summed E-state index contributed by atoms with van der Waals surface area (Å²) >= 11 is 1.72. The number of piperidine rings is 1. The molecule has 22 heavy (non-hydrogen) atoms. The van der Waals surface area contributed by atoms with Crippen molar-refractivity contribution >= 4 is 17.2 Å². The van der Waals surface area contributed by atoms with Crippen molar-refractivity contribution in [3.8, 4) is 0 Å². The summed E-state index contributed by atoms with van der Waals surface area (Å²) < 4.78 is 0. The van der Waals surface area contributed by atoms with Gasteiger partial charge in [-0.1, -0.05) is 6.42 Å². The second-order valence-electron chi connectivity index (χ2n) is 7.32. The van der Waals surface area contributed by atoms with Crippen LogP contribution in [0.5, 0.6) is 0 Å². The summed E-state index contributed by atoms with van der Waals surface area (Å²) in [5.41, 5.74) is -0.0841. The van der Waals surface area contributed by atoms with E-state index in [2.05, 4.69) is 14.8 Å². The molecule has 120 valence electrons. The molecule has 1 atom stereocenters. The molecular formula is C17H25N3OS. The van der Waals surface area contributed by atoms with Gasteiger partial charge in [-0.25, -0.2) is 4.98 Å². The summed E-state index contributed by atoms with van der Waals surface area (Å²) in [5, 5.41) is 3.21. The Balaban J connectivity index is 1.40. The van der Waals surface area contributed by atoms with Crippen molar-refractivity contribution in [1.82, 2.24) is 14.8 Å². The van der Waals surface area contributed by atoms with E-state index in [4.69, 9.17) is 0 Å². The van der Waals surface area contributed by atoms with Crippen LogP contribution >= 0.6 is 11.3 Å². The molecule has 1 aromatic heterocycles. The van der Waals surface area contributed by atoms with Gasteiger partial charge in [0.25, 0.3) is 0 Å². The van der Waals surface area contributed by atoms with Gasteiger partial charge in [-0.15, -0.1) is 11.3 Å². The predicted octanol–water partition coefficient (Wildman–Crippen LogP) is 2.76. The highest BCUT2D eigenvalue weighted by Crippen LogP contribution is 2.41. The molecule has 5 heteroatoms. The van der Waals surface area contributed by atoms with Crippen LogP contribution in [0.15, 0.2) is 11.6 Å². The number of amides is 1. The summed E-state index contributed by atoms with van der Waals surface area (Å²) in [7, 11) is 0. The third kappa shape index (κ3) is 2.69. The van der Waals surface area contributed by atoms with Crippen molar-refractivity contribution in [3.05, 3.63) is 16.6 Å². The fraction of sp³-hybridized carbons (Fsp3) is 0.765. The lowest BCUT2D eigenvalue weighted by atomic mass is 9.77. The zero-order chi connectivity index (χ0) is 15.0. The van der Waals surface area contributed by atoms with E-state index in [1.165, 1.54) is 30.7 Å². The fourth-order valence-corrected chi connectivity index (χ4v) is 4.97. The first-order chi connectivity index (χ1) is 10.8.